The maximum atomic E-state index is 13.0. The fraction of sp³-hybridized carbons (Fsp3) is 0.273. The Morgan fingerprint density at radius 2 is 1.69 bits per heavy atom. The quantitative estimate of drug-likeness (QED) is 0.759. The Bertz CT molecular complexity index is 980. The number of benzene rings is 1. The van der Waals surface area contributed by atoms with Crippen molar-refractivity contribution in [3.63, 3.8) is 0 Å². The van der Waals surface area contributed by atoms with Crippen LogP contribution in [0.1, 0.15) is 22.8 Å². The average Bonchev–Trinajstić information content (AvgIpc) is 2.63. The van der Waals surface area contributed by atoms with E-state index in [9.17, 15) is 9.59 Å². The van der Waals surface area contributed by atoms with Crippen molar-refractivity contribution in [3.05, 3.63) is 76.5 Å². The lowest BCUT2D eigenvalue weighted by Gasteiger charge is -2.40. The van der Waals surface area contributed by atoms with Crippen molar-refractivity contribution in [2.24, 2.45) is 11.8 Å². The van der Waals surface area contributed by atoms with Gasteiger partial charge >= 0.3 is 0 Å². The molecule has 4 unspecified atom stereocenters. The monoisotopic (exact) mass is 344 g/mol. The van der Waals surface area contributed by atoms with Gasteiger partial charge in [0.2, 0.25) is 0 Å². The molecule has 1 aromatic carbocycles. The van der Waals surface area contributed by atoms with E-state index in [4.69, 9.17) is 0 Å². The number of aryl methyl sites for hydroxylation is 1. The maximum absolute atomic E-state index is 13.0. The highest BCUT2D eigenvalue weighted by Gasteiger charge is 2.42. The summed E-state index contributed by atoms with van der Waals surface area (Å²) in [5, 5.41) is 6.90. The lowest BCUT2D eigenvalue weighted by molar-refractivity contribution is -0.118. The van der Waals surface area contributed by atoms with Gasteiger partial charge in [0, 0.05) is 22.5 Å². The standard InChI is InChI=1S/C22H20N2O2/c1-11-3-5-17-13(7-11)21(25)15-9-20-16(10-19(15)23-17)22(26)14-8-12(2)4-6-18(14)24-20/h3-10,13,16-17,20,23-24H,1-2H3. The molecule has 0 aromatic heterocycles. The van der Waals surface area contributed by atoms with Gasteiger partial charge in [-0.05, 0) is 38.1 Å². The van der Waals surface area contributed by atoms with Crippen LogP contribution in [0, 0.1) is 18.8 Å². The molecule has 1 saturated heterocycles. The van der Waals surface area contributed by atoms with Gasteiger partial charge in [0.15, 0.2) is 11.6 Å². The Morgan fingerprint density at radius 1 is 0.885 bits per heavy atom. The number of piperidine rings is 1. The number of nitrogens with one attached hydrogen (secondary N) is 2. The first-order valence-corrected chi connectivity index (χ1v) is 9.04. The van der Waals surface area contributed by atoms with Crippen LogP contribution in [0.4, 0.5) is 5.69 Å². The van der Waals surface area contributed by atoms with Crippen LogP contribution >= 0.6 is 0 Å². The van der Waals surface area contributed by atoms with E-state index in [1.165, 1.54) is 0 Å². The Balaban J connectivity index is 1.56. The van der Waals surface area contributed by atoms with E-state index in [0.29, 0.717) is 5.57 Å². The molecule has 5 rings (SSSR count). The summed E-state index contributed by atoms with van der Waals surface area (Å²) in [6, 6.07) is 5.67. The number of ketones is 2. The van der Waals surface area contributed by atoms with Gasteiger partial charge in [-0.3, -0.25) is 9.59 Å². The summed E-state index contributed by atoms with van der Waals surface area (Å²) >= 11 is 0. The third-order valence-electron chi connectivity index (χ3n) is 5.72. The van der Waals surface area contributed by atoms with E-state index in [1.807, 2.05) is 62.4 Å². The molecule has 26 heavy (non-hydrogen) atoms. The van der Waals surface area contributed by atoms with Crippen molar-refractivity contribution in [1.29, 1.82) is 0 Å². The summed E-state index contributed by atoms with van der Waals surface area (Å²) in [4.78, 5) is 26.1. The number of anilines is 1. The van der Waals surface area contributed by atoms with Crippen molar-refractivity contribution >= 4 is 17.3 Å². The number of fused-ring (bicyclic) bond motifs is 4. The fourth-order valence-electron chi connectivity index (χ4n) is 4.36. The third-order valence-corrected chi connectivity index (χ3v) is 5.72. The van der Waals surface area contributed by atoms with Gasteiger partial charge in [0.1, 0.15) is 0 Å². The molecule has 0 radical (unpaired) electrons. The van der Waals surface area contributed by atoms with Crippen molar-refractivity contribution in [2.75, 3.05) is 5.32 Å². The fourth-order valence-corrected chi connectivity index (χ4v) is 4.36. The molecule has 4 heteroatoms. The number of hydrogen-bond acceptors (Lipinski definition) is 4. The van der Waals surface area contributed by atoms with Crippen LogP contribution in [0.2, 0.25) is 0 Å². The molecule has 4 nitrogen and oxygen atoms in total. The lowest BCUT2D eigenvalue weighted by Crippen LogP contribution is -2.49. The summed E-state index contributed by atoms with van der Waals surface area (Å²) in [6.07, 6.45) is 9.98. The molecular formula is C22H20N2O2. The second kappa shape index (κ2) is 5.31. The Morgan fingerprint density at radius 3 is 2.54 bits per heavy atom. The highest BCUT2D eigenvalue weighted by Crippen LogP contribution is 2.38. The number of hydrogen-bond donors (Lipinski definition) is 2. The van der Waals surface area contributed by atoms with Crippen LogP contribution in [0.3, 0.4) is 0 Å². The molecular weight excluding hydrogens is 324 g/mol. The first-order valence-electron chi connectivity index (χ1n) is 9.04. The Kier molecular flexibility index (Phi) is 3.14. The van der Waals surface area contributed by atoms with Crippen LogP contribution in [-0.4, -0.2) is 23.7 Å². The molecule has 130 valence electrons. The van der Waals surface area contributed by atoms with Crippen molar-refractivity contribution < 1.29 is 9.59 Å². The molecule has 2 aliphatic heterocycles. The number of allylic oxidation sites excluding steroid dienone is 3. The average molecular weight is 344 g/mol. The molecule has 1 fully saturated rings. The highest BCUT2D eigenvalue weighted by atomic mass is 16.1. The van der Waals surface area contributed by atoms with E-state index in [0.717, 1.165) is 28.1 Å². The van der Waals surface area contributed by atoms with Crippen molar-refractivity contribution in [2.45, 2.75) is 25.9 Å². The first-order chi connectivity index (χ1) is 12.5. The molecule has 1 aromatic rings. The van der Waals surface area contributed by atoms with Gasteiger partial charge in [0.25, 0.3) is 0 Å². The van der Waals surface area contributed by atoms with E-state index >= 15 is 0 Å². The summed E-state index contributed by atoms with van der Waals surface area (Å²) < 4.78 is 0. The predicted molar refractivity (Wildman–Crippen MR) is 101 cm³/mol. The van der Waals surface area contributed by atoms with Crippen LogP contribution in [-0.2, 0) is 4.79 Å². The van der Waals surface area contributed by atoms with Crippen LogP contribution < -0.4 is 10.6 Å². The molecule has 0 spiro atoms. The lowest BCUT2D eigenvalue weighted by atomic mass is 9.74. The minimum atomic E-state index is -0.287. The highest BCUT2D eigenvalue weighted by molar-refractivity contribution is 6.09. The molecule has 2 aliphatic carbocycles. The second-order valence-electron chi connectivity index (χ2n) is 7.60. The Hall–Kier alpha value is -2.88. The zero-order valence-electron chi connectivity index (χ0n) is 14.7. The molecule has 2 heterocycles. The predicted octanol–water partition coefficient (Wildman–Crippen LogP) is 3.09. The van der Waals surface area contributed by atoms with E-state index in [2.05, 4.69) is 10.6 Å². The van der Waals surface area contributed by atoms with Gasteiger partial charge in [0.05, 0.1) is 23.9 Å². The molecule has 0 saturated carbocycles. The normalized spacial score (nSPS) is 31.2. The topological polar surface area (TPSA) is 58.2 Å². The van der Waals surface area contributed by atoms with Crippen LogP contribution in [0.15, 0.2) is 65.4 Å². The molecule has 4 atom stereocenters. The SMILES string of the molecule is CC1=CC2C(=O)C3=CC4Nc5ccc(C)cc5C(=O)C4C=C3NC2C=C1. The summed E-state index contributed by atoms with van der Waals surface area (Å²) in [7, 11) is 0. The largest absolute Gasteiger partial charge is 0.377 e. The number of Topliss-reactive ketones (excluding diaryl/α,β-unsaturated/α-hetero) is 2. The van der Waals surface area contributed by atoms with Gasteiger partial charge in [-0.1, -0.05) is 35.4 Å². The second-order valence-corrected chi connectivity index (χ2v) is 7.60. The molecule has 0 amide bonds. The number of carbonyl (C=O) groups is 2. The Labute approximate surface area is 152 Å². The third kappa shape index (κ3) is 2.15. The molecule has 2 N–H and O–H groups in total. The van der Waals surface area contributed by atoms with Crippen LogP contribution in [0.25, 0.3) is 0 Å². The van der Waals surface area contributed by atoms with Crippen molar-refractivity contribution in [3.8, 4) is 0 Å². The maximum Gasteiger partial charge on any atom is 0.174 e. The number of rotatable bonds is 0. The zero-order valence-corrected chi connectivity index (χ0v) is 14.7. The summed E-state index contributed by atoms with van der Waals surface area (Å²) in [6.45, 7) is 4.00. The van der Waals surface area contributed by atoms with Crippen LogP contribution in [0.5, 0.6) is 0 Å². The van der Waals surface area contributed by atoms with Crippen molar-refractivity contribution in [1.82, 2.24) is 5.32 Å². The first kappa shape index (κ1) is 15.4. The van der Waals surface area contributed by atoms with Gasteiger partial charge < -0.3 is 10.6 Å². The van der Waals surface area contributed by atoms with Gasteiger partial charge in [-0.25, -0.2) is 0 Å². The molecule has 4 aliphatic rings. The summed E-state index contributed by atoms with van der Waals surface area (Å²) in [5.41, 5.74) is 5.25. The van der Waals surface area contributed by atoms with E-state index in [1.54, 1.807) is 0 Å². The zero-order chi connectivity index (χ0) is 18.0. The minimum Gasteiger partial charge on any atom is -0.377 e. The number of carbonyl (C=O) groups excluding carboxylic acids is 2. The smallest absolute Gasteiger partial charge is 0.174 e. The summed E-state index contributed by atoms with van der Waals surface area (Å²) in [5.74, 6) is -0.216. The van der Waals surface area contributed by atoms with Gasteiger partial charge in [-0.15, -0.1) is 0 Å². The minimum absolute atomic E-state index is 0.0349. The van der Waals surface area contributed by atoms with Gasteiger partial charge in [-0.2, -0.15) is 0 Å². The van der Waals surface area contributed by atoms with E-state index < -0.39 is 0 Å². The van der Waals surface area contributed by atoms with E-state index in [-0.39, 0.29) is 35.5 Å². The molecule has 0 bridgehead atoms.